The van der Waals surface area contributed by atoms with Crippen LogP contribution in [0.2, 0.25) is 0 Å². The van der Waals surface area contributed by atoms with Gasteiger partial charge in [0.15, 0.2) is 0 Å². The van der Waals surface area contributed by atoms with Crippen molar-refractivity contribution in [3.63, 3.8) is 0 Å². The highest BCUT2D eigenvalue weighted by molar-refractivity contribution is 5.53. The summed E-state index contributed by atoms with van der Waals surface area (Å²) in [6.45, 7) is 1.97. The molecule has 0 amide bonds. The Morgan fingerprint density at radius 3 is 2.61 bits per heavy atom. The number of pyridine rings is 1. The Labute approximate surface area is 136 Å². The van der Waals surface area contributed by atoms with Gasteiger partial charge in [-0.1, -0.05) is 0 Å². The number of aromatic nitrogens is 1. The lowest BCUT2D eigenvalue weighted by Gasteiger charge is -2.34. The molecule has 1 aromatic carbocycles. The van der Waals surface area contributed by atoms with Crippen molar-refractivity contribution < 1.29 is 4.74 Å². The first kappa shape index (κ1) is 15.2. The molecule has 1 aliphatic heterocycles. The number of hydrogen-bond donors (Lipinski definition) is 1. The first-order chi connectivity index (χ1) is 11.3. The molecule has 0 radical (unpaired) electrons. The molecule has 1 saturated heterocycles. The van der Waals surface area contributed by atoms with E-state index < -0.39 is 0 Å². The van der Waals surface area contributed by atoms with Crippen molar-refractivity contribution >= 4 is 11.5 Å². The van der Waals surface area contributed by atoms with E-state index in [2.05, 4.69) is 33.4 Å². The molecule has 1 aromatic heterocycles. The molecule has 2 aromatic rings. The number of rotatable bonds is 4. The molecule has 23 heavy (non-hydrogen) atoms. The van der Waals surface area contributed by atoms with E-state index in [4.69, 9.17) is 10.00 Å². The summed E-state index contributed by atoms with van der Waals surface area (Å²) < 4.78 is 5.20. The highest BCUT2D eigenvalue weighted by atomic mass is 16.5. The van der Waals surface area contributed by atoms with Crippen molar-refractivity contribution in [2.24, 2.45) is 0 Å². The maximum Gasteiger partial charge on any atom is 0.144 e. The summed E-state index contributed by atoms with van der Waals surface area (Å²) >= 11 is 0. The predicted octanol–water partition coefficient (Wildman–Crippen LogP) is 3.04. The molecular formula is C18H20N4O. The van der Waals surface area contributed by atoms with Gasteiger partial charge < -0.3 is 15.0 Å². The highest BCUT2D eigenvalue weighted by Crippen LogP contribution is 2.24. The van der Waals surface area contributed by atoms with Crippen molar-refractivity contribution in [1.29, 1.82) is 5.26 Å². The van der Waals surface area contributed by atoms with E-state index in [0.717, 1.165) is 31.7 Å². The van der Waals surface area contributed by atoms with Gasteiger partial charge in [0.25, 0.3) is 0 Å². The first-order valence-electron chi connectivity index (χ1n) is 7.81. The molecule has 0 unspecified atom stereocenters. The van der Waals surface area contributed by atoms with Gasteiger partial charge in [0, 0.05) is 31.0 Å². The Morgan fingerprint density at radius 1 is 1.22 bits per heavy atom. The van der Waals surface area contributed by atoms with Crippen molar-refractivity contribution in [3.05, 3.63) is 48.2 Å². The van der Waals surface area contributed by atoms with Crippen LogP contribution in [0.15, 0.2) is 42.6 Å². The molecule has 1 N–H and O–H groups in total. The molecule has 5 heteroatoms. The lowest BCUT2D eigenvalue weighted by atomic mass is 10.0. The molecule has 2 heterocycles. The standard InChI is InChI=1S/C18H20N4O/c1-23-17-6-4-16(5-7-17)22-11-8-15(9-12-22)21-18-14(13-19)3-2-10-20-18/h2-7,10,15H,8-9,11-12H2,1H3,(H,20,21). The Hall–Kier alpha value is -2.74. The molecular weight excluding hydrogens is 288 g/mol. The Morgan fingerprint density at radius 2 is 1.96 bits per heavy atom. The number of anilines is 2. The van der Waals surface area contributed by atoms with Crippen LogP contribution < -0.4 is 15.0 Å². The van der Waals surface area contributed by atoms with Crippen LogP contribution in [0, 0.1) is 11.3 Å². The van der Waals surface area contributed by atoms with Crippen molar-refractivity contribution in [3.8, 4) is 11.8 Å². The Bertz CT molecular complexity index is 685. The summed E-state index contributed by atoms with van der Waals surface area (Å²) in [5.41, 5.74) is 1.82. The summed E-state index contributed by atoms with van der Waals surface area (Å²) in [6.07, 6.45) is 3.76. The van der Waals surface area contributed by atoms with Crippen LogP contribution in [0.25, 0.3) is 0 Å². The van der Waals surface area contributed by atoms with E-state index in [-0.39, 0.29) is 0 Å². The average Bonchev–Trinajstić information content (AvgIpc) is 2.63. The molecule has 0 saturated carbocycles. The molecule has 0 aliphatic carbocycles. The fraction of sp³-hybridized carbons (Fsp3) is 0.333. The predicted molar refractivity (Wildman–Crippen MR) is 90.8 cm³/mol. The first-order valence-corrected chi connectivity index (χ1v) is 7.81. The van der Waals surface area contributed by atoms with Gasteiger partial charge >= 0.3 is 0 Å². The Kier molecular flexibility index (Phi) is 4.62. The number of nitrogens with one attached hydrogen (secondary N) is 1. The number of benzene rings is 1. The van der Waals surface area contributed by atoms with Crippen LogP contribution in [0.3, 0.4) is 0 Å². The summed E-state index contributed by atoms with van der Waals surface area (Å²) in [5, 5.41) is 12.5. The van der Waals surface area contributed by atoms with Gasteiger partial charge in [-0.05, 0) is 49.2 Å². The van der Waals surface area contributed by atoms with Crippen LogP contribution in [0.4, 0.5) is 11.5 Å². The lowest BCUT2D eigenvalue weighted by molar-refractivity contribution is 0.414. The van der Waals surface area contributed by atoms with E-state index >= 15 is 0 Å². The molecule has 1 aliphatic rings. The molecule has 5 nitrogen and oxygen atoms in total. The topological polar surface area (TPSA) is 61.2 Å². The summed E-state index contributed by atoms with van der Waals surface area (Å²) in [6, 6.07) is 14.3. The Balaban J connectivity index is 1.59. The monoisotopic (exact) mass is 308 g/mol. The number of ether oxygens (including phenoxy) is 1. The van der Waals surface area contributed by atoms with Crippen molar-refractivity contribution in [1.82, 2.24) is 4.98 Å². The molecule has 0 spiro atoms. The zero-order valence-corrected chi connectivity index (χ0v) is 13.2. The smallest absolute Gasteiger partial charge is 0.144 e. The van der Waals surface area contributed by atoms with Gasteiger partial charge in [-0.2, -0.15) is 5.26 Å². The minimum atomic E-state index is 0.353. The highest BCUT2D eigenvalue weighted by Gasteiger charge is 2.20. The van der Waals surface area contributed by atoms with Gasteiger partial charge in [-0.15, -0.1) is 0 Å². The summed E-state index contributed by atoms with van der Waals surface area (Å²) in [5.74, 6) is 1.57. The largest absolute Gasteiger partial charge is 0.497 e. The molecule has 3 rings (SSSR count). The average molecular weight is 308 g/mol. The number of nitrogens with zero attached hydrogens (tertiary/aromatic N) is 3. The second kappa shape index (κ2) is 7.01. The molecule has 0 bridgehead atoms. The zero-order chi connectivity index (χ0) is 16.1. The van der Waals surface area contributed by atoms with Gasteiger partial charge in [-0.25, -0.2) is 4.98 Å². The third-order valence-corrected chi connectivity index (χ3v) is 4.20. The fourth-order valence-electron chi connectivity index (χ4n) is 2.88. The van der Waals surface area contributed by atoms with Gasteiger partial charge in [0.2, 0.25) is 0 Å². The van der Waals surface area contributed by atoms with Crippen molar-refractivity contribution in [2.45, 2.75) is 18.9 Å². The third-order valence-electron chi connectivity index (χ3n) is 4.20. The normalized spacial score (nSPS) is 15.0. The third kappa shape index (κ3) is 3.54. The van der Waals surface area contributed by atoms with Gasteiger partial charge in [0.1, 0.15) is 17.6 Å². The number of piperidine rings is 1. The number of methoxy groups -OCH3 is 1. The van der Waals surface area contributed by atoms with E-state index in [1.54, 1.807) is 25.4 Å². The fourth-order valence-corrected chi connectivity index (χ4v) is 2.88. The van der Waals surface area contributed by atoms with Crippen LogP contribution >= 0.6 is 0 Å². The van der Waals surface area contributed by atoms with E-state index in [9.17, 15) is 0 Å². The quantitative estimate of drug-likeness (QED) is 0.940. The lowest BCUT2D eigenvalue weighted by Crippen LogP contribution is -2.39. The zero-order valence-electron chi connectivity index (χ0n) is 13.2. The van der Waals surface area contributed by atoms with Gasteiger partial charge in [0.05, 0.1) is 12.7 Å². The van der Waals surface area contributed by atoms with E-state index in [1.807, 2.05) is 12.1 Å². The number of hydrogen-bond acceptors (Lipinski definition) is 5. The van der Waals surface area contributed by atoms with E-state index in [0.29, 0.717) is 17.4 Å². The summed E-state index contributed by atoms with van der Waals surface area (Å²) in [4.78, 5) is 6.66. The second-order valence-corrected chi connectivity index (χ2v) is 5.62. The maximum absolute atomic E-state index is 9.13. The maximum atomic E-state index is 9.13. The van der Waals surface area contributed by atoms with Crippen LogP contribution in [0.1, 0.15) is 18.4 Å². The van der Waals surface area contributed by atoms with E-state index in [1.165, 1.54) is 5.69 Å². The van der Waals surface area contributed by atoms with Crippen LogP contribution in [-0.4, -0.2) is 31.2 Å². The number of nitriles is 1. The van der Waals surface area contributed by atoms with Crippen molar-refractivity contribution in [2.75, 3.05) is 30.4 Å². The second-order valence-electron chi connectivity index (χ2n) is 5.62. The minimum absolute atomic E-state index is 0.353. The van der Waals surface area contributed by atoms with Crippen LogP contribution in [0.5, 0.6) is 5.75 Å². The minimum Gasteiger partial charge on any atom is -0.497 e. The van der Waals surface area contributed by atoms with Crippen LogP contribution in [-0.2, 0) is 0 Å². The molecule has 1 fully saturated rings. The SMILES string of the molecule is COc1ccc(N2CCC(Nc3ncccc3C#N)CC2)cc1. The van der Waals surface area contributed by atoms with Gasteiger partial charge in [-0.3, -0.25) is 0 Å². The summed E-state index contributed by atoms with van der Waals surface area (Å²) in [7, 11) is 1.68. The molecule has 118 valence electrons. The molecule has 0 atom stereocenters.